The largest absolute Gasteiger partial charge is 0.496 e. The summed E-state index contributed by atoms with van der Waals surface area (Å²) in [7, 11) is 1.71. The minimum Gasteiger partial charge on any atom is -0.496 e. The zero-order chi connectivity index (χ0) is 8.55. The van der Waals surface area contributed by atoms with Crippen LogP contribution in [0.5, 0.6) is 5.75 Å². The van der Waals surface area contributed by atoms with Gasteiger partial charge in [-0.3, -0.25) is 0 Å². The third-order valence-electron chi connectivity index (χ3n) is 2.27. The van der Waals surface area contributed by atoms with E-state index in [1.807, 2.05) is 18.2 Å². The van der Waals surface area contributed by atoms with Crippen LogP contribution < -0.4 is 10.5 Å². The normalized spacial score (nSPS) is 16.1. The van der Waals surface area contributed by atoms with Gasteiger partial charge in [-0.25, -0.2) is 0 Å². The van der Waals surface area contributed by atoms with Crippen molar-refractivity contribution in [1.82, 2.24) is 0 Å². The lowest BCUT2D eigenvalue weighted by Gasteiger charge is -2.07. The van der Waals surface area contributed by atoms with Crippen LogP contribution >= 0.6 is 0 Å². The molecule has 2 nitrogen and oxygen atoms in total. The Labute approximate surface area is 72.3 Å². The fourth-order valence-corrected chi connectivity index (χ4v) is 1.47. The quantitative estimate of drug-likeness (QED) is 0.678. The molecule has 64 valence electrons. The van der Waals surface area contributed by atoms with Crippen LogP contribution in [0.15, 0.2) is 18.2 Å². The number of rotatable bonds is 2. The molecule has 0 atom stereocenters. The second-order valence-electron chi connectivity index (χ2n) is 3.28. The summed E-state index contributed by atoms with van der Waals surface area (Å²) in [4.78, 5) is 0. The van der Waals surface area contributed by atoms with Crippen molar-refractivity contribution < 1.29 is 4.74 Å². The molecule has 2 rings (SSSR count). The van der Waals surface area contributed by atoms with Crippen LogP contribution in [-0.4, -0.2) is 7.11 Å². The number of methoxy groups -OCH3 is 1. The van der Waals surface area contributed by atoms with Crippen molar-refractivity contribution in [3.63, 3.8) is 0 Å². The fourth-order valence-electron chi connectivity index (χ4n) is 1.47. The molecule has 0 unspecified atom stereocenters. The lowest BCUT2D eigenvalue weighted by Crippen LogP contribution is -1.92. The first-order valence-corrected chi connectivity index (χ1v) is 4.24. The second kappa shape index (κ2) is 2.70. The van der Waals surface area contributed by atoms with Gasteiger partial charge in [-0.05, 0) is 42.5 Å². The average Bonchev–Trinajstić information content (AvgIpc) is 2.87. The van der Waals surface area contributed by atoms with Gasteiger partial charge in [0.2, 0.25) is 0 Å². The predicted molar refractivity (Wildman–Crippen MR) is 49.4 cm³/mol. The Balaban J connectivity index is 2.39. The van der Waals surface area contributed by atoms with Gasteiger partial charge in [-0.15, -0.1) is 0 Å². The van der Waals surface area contributed by atoms with E-state index in [1.165, 1.54) is 18.4 Å². The van der Waals surface area contributed by atoms with Crippen LogP contribution in [0.2, 0.25) is 0 Å². The summed E-state index contributed by atoms with van der Waals surface area (Å²) in [6.07, 6.45) is 2.56. The van der Waals surface area contributed by atoms with E-state index < -0.39 is 0 Å². The van der Waals surface area contributed by atoms with E-state index in [-0.39, 0.29) is 0 Å². The molecule has 0 spiro atoms. The summed E-state index contributed by atoms with van der Waals surface area (Å²) in [5, 5.41) is 0. The molecule has 1 fully saturated rings. The molecule has 0 heterocycles. The molecule has 0 bridgehead atoms. The van der Waals surface area contributed by atoms with Gasteiger partial charge in [-0.2, -0.15) is 0 Å². The molecule has 0 aliphatic heterocycles. The van der Waals surface area contributed by atoms with Crippen molar-refractivity contribution in [1.29, 1.82) is 0 Å². The van der Waals surface area contributed by atoms with Crippen LogP contribution in [0.1, 0.15) is 24.3 Å². The molecule has 0 aromatic heterocycles. The van der Waals surface area contributed by atoms with Gasteiger partial charge in [0.05, 0.1) is 7.11 Å². The highest BCUT2D eigenvalue weighted by Crippen LogP contribution is 2.44. The summed E-state index contributed by atoms with van der Waals surface area (Å²) in [5.74, 6) is 1.68. The molecule has 1 saturated carbocycles. The molecule has 0 amide bonds. The Morgan fingerprint density at radius 3 is 2.75 bits per heavy atom. The predicted octanol–water partition coefficient (Wildman–Crippen LogP) is 2.15. The number of hydrogen-bond acceptors (Lipinski definition) is 2. The monoisotopic (exact) mass is 163 g/mol. The Hall–Kier alpha value is -1.18. The topological polar surface area (TPSA) is 35.2 Å². The molecule has 1 aromatic rings. The highest BCUT2D eigenvalue weighted by atomic mass is 16.5. The molecule has 2 N–H and O–H groups in total. The van der Waals surface area contributed by atoms with Gasteiger partial charge in [0, 0.05) is 5.69 Å². The Morgan fingerprint density at radius 1 is 1.42 bits per heavy atom. The number of benzene rings is 1. The van der Waals surface area contributed by atoms with Crippen molar-refractivity contribution in [3.8, 4) is 5.75 Å². The summed E-state index contributed by atoms with van der Waals surface area (Å²) in [6, 6.07) is 5.85. The van der Waals surface area contributed by atoms with E-state index in [0.717, 1.165) is 11.4 Å². The highest BCUT2D eigenvalue weighted by Gasteiger charge is 2.26. The van der Waals surface area contributed by atoms with Gasteiger partial charge >= 0.3 is 0 Å². The van der Waals surface area contributed by atoms with Gasteiger partial charge in [0.15, 0.2) is 0 Å². The number of ether oxygens (including phenoxy) is 1. The minimum atomic E-state index is 0.698. The van der Waals surface area contributed by atoms with Crippen molar-refractivity contribution >= 4 is 5.69 Å². The molecule has 2 heteroatoms. The van der Waals surface area contributed by atoms with Gasteiger partial charge in [0.1, 0.15) is 5.75 Å². The fraction of sp³-hybridized carbons (Fsp3) is 0.400. The van der Waals surface area contributed by atoms with Crippen molar-refractivity contribution in [2.24, 2.45) is 0 Å². The van der Waals surface area contributed by atoms with E-state index in [4.69, 9.17) is 10.5 Å². The minimum absolute atomic E-state index is 0.698. The molecule has 12 heavy (non-hydrogen) atoms. The third-order valence-corrected chi connectivity index (χ3v) is 2.27. The summed E-state index contributed by atoms with van der Waals surface area (Å²) >= 11 is 0. The van der Waals surface area contributed by atoms with Gasteiger partial charge < -0.3 is 10.5 Å². The van der Waals surface area contributed by atoms with E-state index in [2.05, 4.69) is 0 Å². The van der Waals surface area contributed by atoms with Crippen LogP contribution in [0, 0.1) is 0 Å². The summed E-state index contributed by atoms with van der Waals surface area (Å²) in [5.41, 5.74) is 7.80. The van der Waals surface area contributed by atoms with Gasteiger partial charge in [0.25, 0.3) is 0 Å². The standard InChI is InChI=1S/C10H13NO/c1-12-10-5-4-8(11)6-9(10)7-2-3-7/h4-7H,2-3,11H2,1H3. The van der Waals surface area contributed by atoms with E-state index in [9.17, 15) is 0 Å². The molecule has 1 aromatic carbocycles. The molecule has 0 saturated heterocycles. The van der Waals surface area contributed by atoms with Crippen LogP contribution in [0.4, 0.5) is 5.69 Å². The Morgan fingerprint density at radius 2 is 2.17 bits per heavy atom. The second-order valence-corrected chi connectivity index (χ2v) is 3.28. The van der Waals surface area contributed by atoms with Crippen molar-refractivity contribution in [2.45, 2.75) is 18.8 Å². The van der Waals surface area contributed by atoms with E-state index >= 15 is 0 Å². The van der Waals surface area contributed by atoms with E-state index in [0.29, 0.717) is 5.92 Å². The number of hydrogen-bond donors (Lipinski definition) is 1. The van der Waals surface area contributed by atoms with Crippen molar-refractivity contribution in [3.05, 3.63) is 23.8 Å². The van der Waals surface area contributed by atoms with Crippen molar-refractivity contribution in [2.75, 3.05) is 12.8 Å². The Bertz CT molecular complexity index is 292. The molecule has 0 radical (unpaired) electrons. The van der Waals surface area contributed by atoms with E-state index in [1.54, 1.807) is 7.11 Å². The summed E-state index contributed by atoms with van der Waals surface area (Å²) in [6.45, 7) is 0. The first-order chi connectivity index (χ1) is 5.81. The molecular formula is C10H13NO. The third kappa shape index (κ3) is 1.24. The highest BCUT2D eigenvalue weighted by molar-refractivity contribution is 5.50. The average molecular weight is 163 g/mol. The zero-order valence-corrected chi connectivity index (χ0v) is 7.21. The van der Waals surface area contributed by atoms with Gasteiger partial charge in [-0.1, -0.05) is 0 Å². The van der Waals surface area contributed by atoms with Crippen LogP contribution in [0.25, 0.3) is 0 Å². The summed E-state index contributed by atoms with van der Waals surface area (Å²) < 4.78 is 5.25. The number of anilines is 1. The van der Waals surface area contributed by atoms with Crippen LogP contribution in [0.3, 0.4) is 0 Å². The van der Waals surface area contributed by atoms with Crippen LogP contribution in [-0.2, 0) is 0 Å². The smallest absolute Gasteiger partial charge is 0.122 e. The maximum absolute atomic E-state index is 5.69. The molecule has 1 aliphatic carbocycles. The lowest BCUT2D eigenvalue weighted by atomic mass is 10.1. The lowest BCUT2D eigenvalue weighted by molar-refractivity contribution is 0.410. The Kier molecular flexibility index (Phi) is 1.68. The SMILES string of the molecule is COc1ccc(N)cc1C1CC1. The molecular weight excluding hydrogens is 150 g/mol. The first-order valence-electron chi connectivity index (χ1n) is 4.24. The number of nitrogens with two attached hydrogens (primary N) is 1. The molecule has 1 aliphatic rings. The maximum Gasteiger partial charge on any atom is 0.122 e. The number of nitrogen functional groups attached to an aromatic ring is 1. The first kappa shape index (κ1) is 7.47. The zero-order valence-electron chi connectivity index (χ0n) is 7.21. The maximum atomic E-state index is 5.69.